The Bertz CT molecular complexity index is 1780. The molecule has 2 amide bonds. The number of aryl methyl sites for hydroxylation is 2. The number of nitrogens with zero attached hydrogens (tertiary/aromatic N) is 6. The van der Waals surface area contributed by atoms with Crippen molar-refractivity contribution in [2.75, 3.05) is 26.2 Å². The second kappa shape index (κ2) is 22.2. The normalized spacial score (nSPS) is 14.5. The van der Waals surface area contributed by atoms with Crippen LogP contribution in [0.4, 0.5) is 0 Å². The number of benzene rings is 2. The summed E-state index contributed by atoms with van der Waals surface area (Å²) in [5.74, 6) is -0.336. The minimum atomic E-state index is -1.67. The van der Waals surface area contributed by atoms with Crippen molar-refractivity contribution in [3.63, 3.8) is 0 Å². The van der Waals surface area contributed by atoms with E-state index in [0.29, 0.717) is 44.6 Å². The lowest BCUT2D eigenvalue weighted by Gasteiger charge is -2.25. The lowest BCUT2D eigenvalue weighted by molar-refractivity contribution is -0.121. The number of nitrogens with two attached hydrogens (primary N) is 2. The van der Waals surface area contributed by atoms with Crippen LogP contribution in [0.3, 0.4) is 0 Å². The average molecular weight is 762 g/mol. The van der Waals surface area contributed by atoms with Crippen molar-refractivity contribution in [2.45, 2.75) is 81.8 Å². The molecule has 18 heteroatoms. The van der Waals surface area contributed by atoms with Crippen LogP contribution in [-0.2, 0) is 17.6 Å². The van der Waals surface area contributed by atoms with Gasteiger partial charge in [-0.05, 0) is 73.7 Å². The molecule has 4 aromatic rings. The number of aromatic nitrogens is 6. The van der Waals surface area contributed by atoms with Crippen molar-refractivity contribution in [2.24, 2.45) is 16.5 Å². The molecule has 0 aliphatic heterocycles. The molecule has 2 aromatic heterocycles. The molecule has 0 aliphatic rings. The maximum absolute atomic E-state index is 12.9. The zero-order valence-corrected chi connectivity index (χ0v) is 30.5. The average Bonchev–Trinajstić information content (AvgIpc) is 3.75. The SMILES string of the molecule is NC(=O)c1nccnc1C(N)=NCCCCc1ccc(-c2ccc(CCC(=O)N[C@@H](CCCCNC[C@H](O)[C@@H](O)[C@H](O)[C@H](O)CO)c3nn[nH]n3)cc2)cc1. The molecule has 0 fully saturated rings. The van der Waals surface area contributed by atoms with Crippen LogP contribution in [0.15, 0.2) is 65.9 Å². The zero-order valence-electron chi connectivity index (χ0n) is 30.5. The molecule has 4 rings (SSSR count). The van der Waals surface area contributed by atoms with E-state index in [4.69, 9.17) is 16.6 Å². The van der Waals surface area contributed by atoms with Gasteiger partial charge in [-0.1, -0.05) is 53.7 Å². The summed E-state index contributed by atoms with van der Waals surface area (Å²) >= 11 is 0. The lowest BCUT2D eigenvalue weighted by atomic mass is 9.99. The smallest absolute Gasteiger partial charge is 0.269 e. The van der Waals surface area contributed by atoms with Gasteiger partial charge in [0.25, 0.3) is 5.91 Å². The third-order valence-electron chi connectivity index (χ3n) is 9.00. The molecule has 2 heterocycles. The van der Waals surface area contributed by atoms with Gasteiger partial charge in [-0.2, -0.15) is 5.21 Å². The van der Waals surface area contributed by atoms with Crippen LogP contribution in [0.25, 0.3) is 11.1 Å². The second-order valence-electron chi connectivity index (χ2n) is 13.1. The molecule has 12 N–H and O–H groups in total. The predicted molar refractivity (Wildman–Crippen MR) is 202 cm³/mol. The molecule has 0 spiro atoms. The number of aliphatic imine (C=N–C) groups is 1. The number of H-pyrrole nitrogens is 1. The van der Waals surface area contributed by atoms with Crippen molar-refractivity contribution < 1.29 is 35.1 Å². The van der Waals surface area contributed by atoms with E-state index in [9.17, 15) is 30.0 Å². The van der Waals surface area contributed by atoms with Gasteiger partial charge in [0.15, 0.2) is 11.5 Å². The molecular weight excluding hydrogens is 710 g/mol. The fraction of sp³-hybridized carbons (Fsp3) is 0.459. The Balaban J connectivity index is 1.16. The first kappa shape index (κ1) is 42.5. The molecular formula is C37H51N11O7. The summed E-state index contributed by atoms with van der Waals surface area (Å²) in [6.07, 6.45) is 1.93. The Morgan fingerprint density at radius 1 is 0.800 bits per heavy atom. The van der Waals surface area contributed by atoms with Crippen LogP contribution in [0.1, 0.15) is 77.7 Å². The summed E-state index contributed by atoms with van der Waals surface area (Å²) in [6.45, 7) is 0.205. The summed E-state index contributed by atoms with van der Waals surface area (Å²) < 4.78 is 0. The molecule has 18 nitrogen and oxygen atoms in total. The first-order valence-electron chi connectivity index (χ1n) is 18.2. The third-order valence-corrected chi connectivity index (χ3v) is 9.00. The lowest BCUT2D eigenvalue weighted by Crippen LogP contribution is -2.49. The fourth-order valence-corrected chi connectivity index (χ4v) is 5.79. The van der Waals surface area contributed by atoms with E-state index < -0.39 is 43.0 Å². The van der Waals surface area contributed by atoms with Gasteiger partial charge in [-0.15, -0.1) is 10.2 Å². The Morgan fingerprint density at radius 3 is 2.05 bits per heavy atom. The van der Waals surface area contributed by atoms with E-state index >= 15 is 0 Å². The maximum atomic E-state index is 12.9. The number of aliphatic hydroxyl groups excluding tert-OH is 5. The van der Waals surface area contributed by atoms with Crippen molar-refractivity contribution in [3.05, 3.63) is 89.3 Å². The van der Waals surface area contributed by atoms with Gasteiger partial charge in [0.2, 0.25) is 5.91 Å². The number of rotatable bonds is 24. The first-order valence-corrected chi connectivity index (χ1v) is 18.2. The summed E-state index contributed by atoms with van der Waals surface area (Å²) in [5, 5.41) is 68.2. The van der Waals surface area contributed by atoms with Gasteiger partial charge in [-0.25, -0.2) is 9.97 Å². The number of carbonyl (C=O) groups excluding carboxylic acids is 2. The number of tetrazole rings is 1. The molecule has 0 unspecified atom stereocenters. The number of hydrogen-bond acceptors (Lipinski definition) is 14. The van der Waals surface area contributed by atoms with Gasteiger partial charge >= 0.3 is 0 Å². The molecule has 0 aliphatic carbocycles. The molecule has 5 atom stereocenters. The number of amidine groups is 1. The highest BCUT2D eigenvalue weighted by Gasteiger charge is 2.29. The number of nitrogens with one attached hydrogen (secondary N) is 3. The van der Waals surface area contributed by atoms with Crippen LogP contribution >= 0.6 is 0 Å². The number of unbranched alkanes of at least 4 members (excludes halogenated alkanes) is 2. The van der Waals surface area contributed by atoms with E-state index in [-0.39, 0.29) is 36.1 Å². The molecule has 296 valence electrons. The van der Waals surface area contributed by atoms with Crippen LogP contribution in [0.2, 0.25) is 0 Å². The first-order chi connectivity index (χ1) is 26.6. The number of aromatic amines is 1. The number of carbonyl (C=O) groups is 2. The third kappa shape index (κ3) is 13.5. The summed E-state index contributed by atoms with van der Waals surface area (Å²) in [7, 11) is 0. The molecule has 55 heavy (non-hydrogen) atoms. The van der Waals surface area contributed by atoms with Gasteiger partial charge in [0, 0.05) is 31.9 Å². The number of aliphatic hydroxyl groups is 5. The summed E-state index contributed by atoms with van der Waals surface area (Å²) in [6, 6.07) is 16.1. The van der Waals surface area contributed by atoms with Crippen molar-refractivity contribution in [1.82, 2.24) is 41.2 Å². The van der Waals surface area contributed by atoms with E-state index in [0.717, 1.165) is 36.0 Å². The quantitative estimate of drug-likeness (QED) is 0.0244. The van der Waals surface area contributed by atoms with Crippen LogP contribution in [0, 0.1) is 0 Å². The molecule has 0 saturated carbocycles. The maximum Gasteiger partial charge on any atom is 0.269 e. The van der Waals surface area contributed by atoms with E-state index in [2.05, 4.69) is 70.5 Å². The largest absolute Gasteiger partial charge is 0.394 e. The Hall–Kier alpha value is -5.24. The Morgan fingerprint density at radius 2 is 1.44 bits per heavy atom. The van der Waals surface area contributed by atoms with Crippen LogP contribution < -0.4 is 22.1 Å². The van der Waals surface area contributed by atoms with Gasteiger partial charge in [0.1, 0.15) is 29.8 Å². The van der Waals surface area contributed by atoms with Gasteiger partial charge in [0.05, 0.1) is 18.8 Å². The summed E-state index contributed by atoms with van der Waals surface area (Å²) in [4.78, 5) is 36.8. The predicted octanol–water partition coefficient (Wildman–Crippen LogP) is -0.530. The number of primary amides is 1. The van der Waals surface area contributed by atoms with Crippen LogP contribution in [-0.4, -0.2) is 124 Å². The minimum absolute atomic E-state index is 0.00191. The van der Waals surface area contributed by atoms with Crippen molar-refractivity contribution in [1.29, 1.82) is 0 Å². The topological polar surface area (TPSA) is 304 Å². The van der Waals surface area contributed by atoms with E-state index in [1.165, 1.54) is 18.0 Å². The van der Waals surface area contributed by atoms with Gasteiger partial charge < -0.3 is 47.6 Å². The molecule has 0 radical (unpaired) electrons. The number of hydrogen-bond donors (Lipinski definition) is 10. The number of amides is 2. The molecule has 0 saturated heterocycles. The van der Waals surface area contributed by atoms with E-state index in [1.54, 1.807) is 0 Å². The Labute approximate surface area is 318 Å². The monoisotopic (exact) mass is 761 g/mol. The highest BCUT2D eigenvalue weighted by Crippen LogP contribution is 2.22. The molecule has 0 bridgehead atoms. The fourth-order valence-electron chi connectivity index (χ4n) is 5.79. The highest BCUT2D eigenvalue weighted by atomic mass is 16.4. The molecule has 2 aromatic carbocycles. The zero-order chi connectivity index (χ0) is 39.6. The Kier molecular flexibility index (Phi) is 17.2. The summed E-state index contributed by atoms with van der Waals surface area (Å²) in [5.41, 5.74) is 15.9. The standard InChI is InChI=1S/C37H51N11O7/c38-35(31-32(36(39)55)42-20-19-41-31)43-18-4-1-5-23-7-12-25(13-8-23)26-14-9-24(10-15-26)11-16-30(52)44-27(37-45-47-48-46-37)6-2-3-17-40-21-28(50)33(53)34(54)29(51)22-49/h7-10,12-15,19-20,27-29,33-34,40,49-51,53-54H,1-6,11,16-18,21-22H2,(H2,38,43)(H2,39,55)(H,44,52)(H,45,46,47,48)/t27-,28-,29+,33+,34+/m0/s1. The van der Waals surface area contributed by atoms with E-state index in [1.807, 2.05) is 24.3 Å². The highest BCUT2D eigenvalue weighted by molar-refractivity contribution is 6.05. The van der Waals surface area contributed by atoms with Gasteiger partial charge in [-0.3, -0.25) is 14.6 Å². The minimum Gasteiger partial charge on any atom is -0.394 e. The van der Waals surface area contributed by atoms with Crippen LogP contribution in [0.5, 0.6) is 0 Å². The van der Waals surface area contributed by atoms with Crippen molar-refractivity contribution >= 4 is 17.6 Å². The second-order valence-corrected chi connectivity index (χ2v) is 13.1. The van der Waals surface area contributed by atoms with Crippen molar-refractivity contribution in [3.8, 4) is 11.1 Å².